The highest BCUT2D eigenvalue weighted by molar-refractivity contribution is 6.15. The van der Waals surface area contributed by atoms with E-state index in [0.29, 0.717) is 28.2 Å². The third-order valence-corrected chi connectivity index (χ3v) is 4.48. The maximum absolute atomic E-state index is 12.7. The Hall–Kier alpha value is -3.73. The highest BCUT2D eigenvalue weighted by atomic mass is 16.5. The third kappa shape index (κ3) is 3.30. The molecule has 1 aromatic heterocycles. The van der Waals surface area contributed by atoms with Crippen LogP contribution in [0, 0.1) is 13.8 Å². The van der Waals surface area contributed by atoms with Gasteiger partial charge in [-0.1, -0.05) is 29.8 Å². The van der Waals surface area contributed by atoms with Gasteiger partial charge in [0, 0.05) is 18.0 Å². The molecule has 0 amide bonds. The van der Waals surface area contributed by atoms with Gasteiger partial charge < -0.3 is 9.47 Å². The monoisotopic (exact) mass is 371 g/mol. The van der Waals surface area contributed by atoms with Gasteiger partial charge >= 0.3 is 5.97 Å². The summed E-state index contributed by atoms with van der Waals surface area (Å²) in [5.41, 5.74) is 3.38. The number of Topliss-reactive ketones (excluding diaryl/α,β-unsaturated/α-hetero) is 1. The summed E-state index contributed by atoms with van der Waals surface area (Å²) in [7, 11) is 0. The van der Waals surface area contributed by atoms with Crippen molar-refractivity contribution in [2.45, 2.75) is 13.8 Å². The van der Waals surface area contributed by atoms with Gasteiger partial charge in [-0.15, -0.1) is 0 Å². The quantitative estimate of drug-likeness (QED) is 0.384. The normalized spacial score (nSPS) is 13.9. The summed E-state index contributed by atoms with van der Waals surface area (Å²) >= 11 is 0. The second-order valence-electron chi connectivity index (χ2n) is 6.55. The van der Waals surface area contributed by atoms with Crippen LogP contribution in [0.4, 0.5) is 0 Å². The fourth-order valence-corrected chi connectivity index (χ4v) is 3.03. The van der Waals surface area contributed by atoms with Crippen LogP contribution in [0.2, 0.25) is 0 Å². The van der Waals surface area contributed by atoms with Crippen molar-refractivity contribution in [1.29, 1.82) is 0 Å². The molecule has 0 radical (unpaired) electrons. The Morgan fingerprint density at radius 1 is 1.11 bits per heavy atom. The summed E-state index contributed by atoms with van der Waals surface area (Å²) in [5, 5.41) is 0. The van der Waals surface area contributed by atoms with Crippen molar-refractivity contribution in [2.75, 3.05) is 0 Å². The number of hydrogen-bond acceptors (Lipinski definition) is 5. The molecule has 0 fully saturated rings. The molecule has 1 aliphatic rings. The molecule has 0 saturated carbocycles. The number of fused-ring (bicyclic) bond motifs is 1. The molecule has 5 heteroatoms. The maximum atomic E-state index is 12.7. The van der Waals surface area contributed by atoms with Crippen molar-refractivity contribution in [1.82, 2.24) is 4.98 Å². The van der Waals surface area contributed by atoms with Gasteiger partial charge in [0.2, 0.25) is 5.78 Å². The number of hydrogen-bond donors (Lipinski definition) is 0. The van der Waals surface area contributed by atoms with E-state index in [1.807, 2.05) is 31.2 Å². The molecule has 0 saturated heterocycles. The minimum atomic E-state index is -0.518. The van der Waals surface area contributed by atoms with Gasteiger partial charge in [0.1, 0.15) is 11.5 Å². The summed E-state index contributed by atoms with van der Waals surface area (Å²) in [6.07, 6.45) is 4.74. The van der Waals surface area contributed by atoms with Crippen molar-refractivity contribution in [3.63, 3.8) is 0 Å². The molecule has 0 unspecified atom stereocenters. The highest BCUT2D eigenvalue weighted by Gasteiger charge is 2.30. The van der Waals surface area contributed by atoms with E-state index in [9.17, 15) is 9.59 Å². The van der Waals surface area contributed by atoms with Crippen molar-refractivity contribution >= 4 is 17.8 Å². The van der Waals surface area contributed by atoms with E-state index in [2.05, 4.69) is 4.98 Å². The molecule has 138 valence electrons. The zero-order valence-corrected chi connectivity index (χ0v) is 15.4. The van der Waals surface area contributed by atoms with Gasteiger partial charge in [0.25, 0.3) is 0 Å². The number of carbonyl (C=O) groups is 2. The minimum absolute atomic E-state index is 0.190. The van der Waals surface area contributed by atoms with Crippen LogP contribution in [0.15, 0.2) is 66.7 Å². The number of pyridine rings is 1. The van der Waals surface area contributed by atoms with Crippen LogP contribution in [0.3, 0.4) is 0 Å². The number of rotatable bonds is 3. The number of aromatic nitrogens is 1. The molecule has 0 aliphatic carbocycles. The Labute approximate surface area is 162 Å². The smallest absolute Gasteiger partial charge is 0.345 e. The average Bonchev–Trinajstić information content (AvgIpc) is 3.01. The van der Waals surface area contributed by atoms with Crippen molar-refractivity contribution in [2.24, 2.45) is 0 Å². The molecule has 0 bridgehead atoms. The Morgan fingerprint density at radius 3 is 2.71 bits per heavy atom. The molecular weight excluding hydrogens is 354 g/mol. The molecule has 0 atom stereocenters. The zero-order valence-electron chi connectivity index (χ0n) is 15.4. The van der Waals surface area contributed by atoms with Crippen molar-refractivity contribution < 1.29 is 19.1 Å². The molecule has 0 N–H and O–H groups in total. The lowest BCUT2D eigenvalue weighted by atomic mass is 10.1. The first kappa shape index (κ1) is 17.7. The van der Waals surface area contributed by atoms with Crippen molar-refractivity contribution in [3.8, 4) is 11.5 Å². The van der Waals surface area contributed by atoms with Crippen LogP contribution in [-0.2, 0) is 0 Å². The van der Waals surface area contributed by atoms with Gasteiger partial charge in [-0.05, 0) is 49.8 Å². The van der Waals surface area contributed by atoms with E-state index < -0.39 is 5.97 Å². The van der Waals surface area contributed by atoms with Crippen LogP contribution in [0.25, 0.3) is 6.08 Å². The van der Waals surface area contributed by atoms with E-state index >= 15 is 0 Å². The second kappa shape index (κ2) is 7.12. The Balaban J connectivity index is 1.63. The van der Waals surface area contributed by atoms with Gasteiger partial charge in [-0.3, -0.25) is 9.78 Å². The van der Waals surface area contributed by atoms with Crippen LogP contribution in [0.1, 0.15) is 37.4 Å². The van der Waals surface area contributed by atoms with Crippen molar-refractivity contribution in [3.05, 3.63) is 94.5 Å². The first-order valence-corrected chi connectivity index (χ1v) is 8.79. The molecule has 2 aromatic carbocycles. The van der Waals surface area contributed by atoms with Gasteiger partial charge in [0.05, 0.1) is 11.1 Å². The zero-order chi connectivity index (χ0) is 19.7. The topological polar surface area (TPSA) is 65.5 Å². The van der Waals surface area contributed by atoms with E-state index in [4.69, 9.17) is 9.47 Å². The predicted molar refractivity (Wildman–Crippen MR) is 104 cm³/mol. The third-order valence-electron chi connectivity index (χ3n) is 4.48. The Bertz CT molecular complexity index is 1120. The Morgan fingerprint density at radius 2 is 1.96 bits per heavy atom. The summed E-state index contributed by atoms with van der Waals surface area (Å²) in [5.74, 6) is 0.303. The first-order valence-electron chi connectivity index (χ1n) is 8.79. The summed E-state index contributed by atoms with van der Waals surface area (Å²) < 4.78 is 11.3. The predicted octanol–water partition coefficient (Wildman–Crippen LogP) is 4.53. The summed E-state index contributed by atoms with van der Waals surface area (Å²) in [4.78, 5) is 28.9. The van der Waals surface area contributed by atoms with Crippen LogP contribution >= 0.6 is 0 Å². The summed E-state index contributed by atoms with van der Waals surface area (Å²) in [6, 6.07) is 14.3. The molecule has 2 heterocycles. The molecular formula is C23H17NO4. The van der Waals surface area contributed by atoms with E-state index in [1.54, 1.807) is 43.5 Å². The number of allylic oxidation sites excluding steroid dienone is 1. The number of carbonyl (C=O) groups excluding carboxylic acids is 2. The molecule has 3 aromatic rings. The molecule has 0 spiro atoms. The van der Waals surface area contributed by atoms with E-state index in [1.165, 1.54) is 6.20 Å². The second-order valence-corrected chi connectivity index (χ2v) is 6.55. The number of ether oxygens (including phenoxy) is 2. The Kier molecular flexibility index (Phi) is 4.49. The van der Waals surface area contributed by atoms with Crippen LogP contribution in [0.5, 0.6) is 11.5 Å². The van der Waals surface area contributed by atoms with Crippen LogP contribution < -0.4 is 9.47 Å². The number of esters is 1. The molecule has 28 heavy (non-hydrogen) atoms. The van der Waals surface area contributed by atoms with Gasteiger partial charge in [0.15, 0.2) is 5.76 Å². The first-order chi connectivity index (χ1) is 13.5. The van der Waals surface area contributed by atoms with Gasteiger partial charge in [-0.2, -0.15) is 0 Å². The number of aryl methyl sites for hydroxylation is 1. The largest absolute Gasteiger partial charge is 0.452 e. The lowest BCUT2D eigenvalue weighted by Gasteiger charge is -2.10. The molecule has 5 nitrogen and oxygen atoms in total. The number of benzene rings is 2. The van der Waals surface area contributed by atoms with E-state index in [-0.39, 0.29) is 11.5 Å². The highest BCUT2D eigenvalue weighted by Crippen LogP contribution is 2.39. The fraction of sp³-hybridized carbons (Fsp3) is 0.0870. The van der Waals surface area contributed by atoms with E-state index in [0.717, 1.165) is 11.1 Å². The lowest BCUT2D eigenvalue weighted by Crippen LogP contribution is -2.09. The SMILES string of the molecule is Cc1cccc(/C=C2\Oc3c(ccc(OC(=O)c4cccnc4)c3C)C2=O)c1. The van der Waals surface area contributed by atoms with Gasteiger partial charge in [-0.25, -0.2) is 4.79 Å². The standard InChI is InChI=1S/C23H17NO4/c1-14-5-3-6-16(11-14)12-20-21(25)18-8-9-19(15(2)22(18)27-20)28-23(26)17-7-4-10-24-13-17/h3-13H,1-2H3/b20-12-. The maximum Gasteiger partial charge on any atom is 0.345 e. The summed E-state index contributed by atoms with van der Waals surface area (Å²) in [6.45, 7) is 3.74. The number of ketones is 1. The number of nitrogens with zero attached hydrogens (tertiary/aromatic N) is 1. The lowest BCUT2D eigenvalue weighted by molar-refractivity contribution is 0.0732. The van der Waals surface area contributed by atoms with Crippen LogP contribution in [-0.4, -0.2) is 16.7 Å². The molecule has 1 aliphatic heterocycles. The fourth-order valence-electron chi connectivity index (χ4n) is 3.03. The minimum Gasteiger partial charge on any atom is -0.452 e. The molecule has 4 rings (SSSR count). The average molecular weight is 371 g/mol.